The third kappa shape index (κ3) is 4.63. The average Bonchev–Trinajstić information content (AvgIpc) is 3.44. The van der Waals surface area contributed by atoms with E-state index in [0.717, 1.165) is 10.2 Å². The Bertz CT molecular complexity index is 1270. The maximum absolute atomic E-state index is 12.7. The number of aliphatic hydroxyl groups is 1. The molecule has 1 aliphatic rings. The average molecular weight is 490 g/mol. The number of nitro groups is 1. The normalized spacial score (nSPS) is 16.5. The lowest BCUT2D eigenvalue weighted by Gasteiger charge is -2.17. The Morgan fingerprint density at radius 1 is 1.36 bits per heavy atom. The van der Waals surface area contributed by atoms with Gasteiger partial charge >= 0.3 is 5.97 Å². The number of aromatic hydroxyl groups is 1. The maximum Gasteiger partial charge on any atom is 0.332 e. The van der Waals surface area contributed by atoms with Crippen LogP contribution >= 0.6 is 23.1 Å². The van der Waals surface area contributed by atoms with Gasteiger partial charge in [0.1, 0.15) is 27.7 Å². The van der Waals surface area contributed by atoms with Gasteiger partial charge in [-0.25, -0.2) is 9.78 Å². The number of fused-ring (bicyclic) bond motifs is 1. The monoisotopic (exact) mass is 489 g/mol. The number of hydrogen-bond donors (Lipinski definition) is 2. The van der Waals surface area contributed by atoms with Gasteiger partial charge in [0, 0.05) is 11.3 Å². The molecule has 2 aromatic carbocycles. The molecule has 1 unspecified atom stereocenters. The fraction of sp³-hybridized carbons (Fsp3) is 0.286. The number of methoxy groups -OCH3 is 1. The molecule has 2 heterocycles. The number of carbonyl (C=O) groups excluding carboxylic acids is 1. The second kappa shape index (κ2) is 9.33. The summed E-state index contributed by atoms with van der Waals surface area (Å²) in [5.41, 5.74) is 0.952. The highest BCUT2D eigenvalue weighted by molar-refractivity contribution is 8.15. The lowest BCUT2D eigenvalue weighted by molar-refractivity contribution is -0.386. The number of thioether (sulfide) groups is 1. The Hall–Kier alpha value is -3.22. The predicted molar refractivity (Wildman–Crippen MR) is 124 cm³/mol. The van der Waals surface area contributed by atoms with E-state index in [2.05, 4.69) is 9.98 Å². The van der Waals surface area contributed by atoms with Crippen molar-refractivity contribution < 1.29 is 29.4 Å². The van der Waals surface area contributed by atoms with Gasteiger partial charge in [-0.15, -0.1) is 23.1 Å². The Kier molecular flexibility index (Phi) is 6.49. The van der Waals surface area contributed by atoms with Crippen LogP contribution in [0.1, 0.15) is 29.2 Å². The molecule has 3 aromatic rings. The van der Waals surface area contributed by atoms with Crippen molar-refractivity contribution in [2.45, 2.75) is 25.7 Å². The zero-order valence-electron chi connectivity index (χ0n) is 17.5. The Morgan fingerprint density at radius 2 is 2.15 bits per heavy atom. The van der Waals surface area contributed by atoms with Crippen LogP contribution in [0.3, 0.4) is 0 Å². The van der Waals surface area contributed by atoms with Crippen LogP contribution in [-0.2, 0) is 16.1 Å². The molecule has 4 rings (SSSR count). The largest absolute Gasteiger partial charge is 0.508 e. The van der Waals surface area contributed by atoms with Gasteiger partial charge in [0.15, 0.2) is 6.04 Å². The lowest BCUT2D eigenvalue weighted by atomic mass is 10.0. The van der Waals surface area contributed by atoms with E-state index in [1.54, 1.807) is 18.2 Å². The van der Waals surface area contributed by atoms with E-state index in [1.807, 2.05) is 0 Å². The van der Waals surface area contributed by atoms with Crippen molar-refractivity contribution in [1.29, 1.82) is 0 Å². The highest BCUT2D eigenvalue weighted by atomic mass is 32.2. The molecule has 0 saturated carbocycles. The fourth-order valence-corrected chi connectivity index (χ4v) is 5.45. The van der Waals surface area contributed by atoms with Crippen molar-refractivity contribution in [2.24, 2.45) is 4.99 Å². The van der Waals surface area contributed by atoms with Crippen LogP contribution in [0.5, 0.6) is 11.5 Å². The van der Waals surface area contributed by atoms with Gasteiger partial charge in [-0.2, -0.15) is 0 Å². The molecule has 0 spiro atoms. The number of carbonyl (C=O) groups is 1. The molecule has 12 heteroatoms. The second-order valence-electron chi connectivity index (χ2n) is 7.15. The first-order valence-electron chi connectivity index (χ1n) is 9.77. The van der Waals surface area contributed by atoms with E-state index in [9.17, 15) is 25.1 Å². The van der Waals surface area contributed by atoms with Gasteiger partial charge in [-0.05, 0) is 31.2 Å². The highest BCUT2D eigenvalue weighted by Gasteiger charge is 2.32. The van der Waals surface area contributed by atoms with Crippen LogP contribution in [0.15, 0.2) is 35.3 Å². The van der Waals surface area contributed by atoms with Crippen molar-refractivity contribution in [1.82, 2.24) is 4.98 Å². The van der Waals surface area contributed by atoms with E-state index < -0.39 is 23.0 Å². The summed E-state index contributed by atoms with van der Waals surface area (Å²) in [5, 5.41) is 32.0. The molecular formula is C21H19N3O7S2. The molecule has 1 aromatic heterocycles. The summed E-state index contributed by atoms with van der Waals surface area (Å²) in [6.07, 6.45) is -0.941. The maximum atomic E-state index is 12.7. The van der Waals surface area contributed by atoms with Gasteiger partial charge in [0.2, 0.25) is 0 Å². The molecule has 172 valence electrons. The minimum absolute atomic E-state index is 0.145. The first-order valence-corrected chi connectivity index (χ1v) is 11.6. The van der Waals surface area contributed by atoms with E-state index >= 15 is 0 Å². The molecule has 1 aliphatic heterocycles. The summed E-state index contributed by atoms with van der Waals surface area (Å²) < 4.78 is 11.4. The van der Waals surface area contributed by atoms with E-state index in [-0.39, 0.29) is 29.4 Å². The van der Waals surface area contributed by atoms with E-state index in [4.69, 9.17) is 9.47 Å². The number of phenols is 1. The summed E-state index contributed by atoms with van der Waals surface area (Å²) in [5.74, 6) is 0.0666. The van der Waals surface area contributed by atoms with Crippen LogP contribution in [0.25, 0.3) is 10.2 Å². The number of aromatic nitrogens is 1. The molecule has 0 saturated heterocycles. The van der Waals surface area contributed by atoms with Crippen molar-refractivity contribution in [3.05, 3.63) is 56.6 Å². The van der Waals surface area contributed by atoms with Crippen LogP contribution in [-0.4, -0.2) is 50.0 Å². The standard InChI is InChI=1S/C21H19N3O7S2/c1-10(13-5-11(8-25)17(30-2)7-16(13)24(28)29)31-21(27)15-9-32-19(23-15)20-22-14-4-3-12(26)6-18(14)33-20/h3-7,10,15,25-26H,8-9H2,1-2H3/t10?,15-/m1/s1. The number of nitro benzene ring substituents is 1. The minimum atomic E-state index is -0.941. The quantitative estimate of drug-likeness (QED) is 0.289. The van der Waals surface area contributed by atoms with Gasteiger partial charge in [-0.1, -0.05) is 0 Å². The third-order valence-electron chi connectivity index (χ3n) is 5.01. The molecule has 0 fully saturated rings. The molecule has 2 atom stereocenters. The van der Waals surface area contributed by atoms with E-state index in [0.29, 0.717) is 21.4 Å². The van der Waals surface area contributed by atoms with Crippen LogP contribution in [0.4, 0.5) is 5.69 Å². The van der Waals surface area contributed by atoms with Gasteiger partial charge in [0.05, 0.1) is 40.5 Å². The van der Waals surface area contributed by atoms with Crippen molar-refractivity contribution in [3.63, 3.8) is 0 Å². The molecule has 0 amide bonds. The summed E-state index contributed by atoms with van der Waals surface area (Å²) in [6.45, 7) is 1.14. The third-order valence-corrected chi connectivity index (χ3v) is 7.21. The summed E-state index contributed by atoms with van der Waals surface area (Å²) in [6, 6.07) is 6.72. The van der Waals surface area contributed by atoms with Crippen LogP contribution in [0.2, 0.25) is 0 Å². The molecule has 0 bridgehead atoms. The topological polar surface area (TPSA) is 144 Å². The first-order chi connectivity index (χ1) is 15.8. The minimum Gasteiger partial charge on any atom is -0.508 e. The number of aliphatic hydroxyl groups excluding tert-OH is 1. The Balaban J connectivity index is 1.53. The second-order valence-corrected chi connectivity index (χ2v) is 9.19. The number of rotatable bonds is 7. The number of phenolic OH excluding ortho intramolecular Hbond substituents is 1. The van der Waals surface area contributed by atoms with Crippen LogP contribution < -0.4 is 4.74 Å². The SMILES string of the molecule is COc1cc([N+](=O)[O-])c(C(C)OC(=O)[C@H]2CSC(c3nc4ccc(O)cc4s3)=N2)cc1CO. The van der Waals surface area contributed by atoms with Crippen molar-refractivity contribution in [2.75, 3.05) is 12.9 Å². The highest BCUT2D eigenvalue weighted by Crippen LogP contribution is 2.36. The molecular weight excluding hydrogens is 470 g/mol. The summed E-state index contributed by atoms with van der Waals surface area (Å²) in [7, 11) is 1.35. The number of ether oxygens (including phenoxy) is 2. The molecule has 0 aliphatic carbocycles. The summed E-state index contributed by atoms with van der Waals surface area (Å²) >= 11 is 2.73. The van der Waals surface area contributed by atoms with E-state index in [1.165, 1.54) is 49.3 Å². The first kappa shape index (κ1) is 23.0. The summed E-state index contributed by atoms with van der Waals surface area (Å²) in [4.78, 5) is 32.6. The smallest absolute Gasteiger partial charge is 0.332 e. The molecule has 10 nitrogen and oxygen atoms in total. The van der Waals surface area contributed by atoms with Gasteiger partial charge < -0.3 is 19.7 Å². The van der Waals surface area contributed by atoms with Gasteiger partial charge in [0.25, 0.3) is 5.69 Å². The van der Waals surface area contributed by atoms with Crippen molar-refractivity contribution in [3.8, 4) is 11.5 Å². The number of benzene rings is 2. The number of esters is 1. The number of nitrogens with zero attached hydrogens (tertiary/aromatic N) is 3. The number of thiazole rings is 1. The number of hydrogen-bond acceptors (Lipinski definition) is 11. The lowest BCUT2D eigenvalue weighted by Crippen LogP contribution is -2.23. The zero-order chi connectivity index (χ0) is 23.7. The zero-order valence-corrected chi connectivity index (χ0v) is 19.2. The molecule has 33 heavy (non-hydrogen) atoms. The Morgan fingerprint density at radius 3 is 2.85 bits per heavy atom. The van der Waals surface area contributed by atoms with Crippen molar-refractivity contribution >= 4 is 50.0 Å². The van der Waals surface area contributed by atoms with Gasteiger partial charge in [-0.3, -0.25) is 15.1 Å². The molecule has 0 radical (unpaired) electrons. The number of aliphatic imine (C=N–C) groups is 1. The Labute approximate surface area is 196 Å². The molecule has 2 N–H and O–H groups in total. The van der Waals surface area contributed by atoms with Crippen LogP contribution in [0, 0.1) is 10.1 Å². The predicted octanol–water partition coefficient (Wildman–Crippen LogP) is 3.58. The fourth-order valence-electron chi connectivity index (χ4n) is 3.36.